The Kier molecular flexibility index (Phi) is 8.72. The molecule has 1 fully saturated rings. The van der Waals surface area contributed by atoms with Gasteiger partial charge in [-0.25, -0.2) is 8.42 Å². The first-order valence-corrected chi connectivity index (χ1v) is 15.7. The summed E-state index contributed by atoms with van der Waals surface area (Å²) in [6.45, 7) is 0.428. The lowest BCUT2D eigenvalue weighted by atomic mass is 10.1. The number of benzene rings is 4. The standard InChI is InChI=1S/C30H23ClF3N3O4S2/c31-23-10-4-19(5-11-23)17-37-27(38)18-42-29(37)21-8-6-20(7-9-21)28(39)35-24-12-14-26(15-13-24)43(40,41)36-25-3-1-2-22(16-25)30(32,33)34/h1-16,29,36H,17-18H2,(H,35,39)/t29-/m0/s1. The molecule has 0 unspecified atom stereocenters. The van der Waals surface area contributed by atoms with E-state index < -0.39 is 27.7 Å². The van der Waals surface area contributed by atoms with Gasteiger partial charge in [0, 0.05) is 28.5 Å². The number of nitrogens with zero attached hydrogens (tertiary/aromatic N) is 1. The van der Waals surface area contributed by atoms with Gasteiger partial charge in [-0.1, -0.05) is 41.9 Å². The molecule has 0 aliphatic carbocycles. The first kappa shape index (κ1) is 30.5. The Balaban J connectivity index is 1.22. The van der Waals surface area contributed by atoms with Crippen LogP contribution in [0.4, 0.5) is 24.5 Å². The number of carbonyl (C=O) groups excluding carboxylic acids is 2. The predicted molar refractivity (Wildman–Crippen MR) is 160 cm³/mol. The third-order valence-corrected chi connectivity index (χ3v) is 9.46. The lowest BCUT2D eigenvalue weighted by Crippen LogP contribution is -2.27. The molecule has 0 spiro atoms. The molecule has 2 N–H and O–H groups in total. The molecule has 1 saturated heterocycles. The minimum atomic E-state index is -4.62. The van der Waals surface area contributed by atoms with Crippen LogP contribution >= 0.6 is 23.4 Å². The molecular weight excluding hydrogens is 623 g/mol. The number of thioether (sulfide) groups is 1. The van der Waals surface area contributed by atoms with Gasteiger partial charge in [0.2, 0.25) is 5.91 Å². The maximum atomic E-state index is 13.0. The van der Waals surface area contributed by atoms with Crippen LogP contribution in [-0.4, -0.2) is 30.9 Å². The third kappa shape index (κ3) is 7.32. The normalized spacial score (nSPS) is 15.4. The predicted octanol–water partition coefficient (Wildman–Crippen LogP) is 7.19. The van der Waals surface area contributed by atoms with Crippen molar-refractivity contribution in [1.29, 1.82) is 0 Å². The average Bonchev–Trinajstić information content (AvgIpc) is 3.33. The number of hydrogen-bond acceptors (Lipinski definition) is 5. The molecule has 4 aromatic carbocycles. The molecule has 0 saturated carbocycles. The number of halogens is 4. The zero-order valence-electron chi connectivity index (χ0n) is 22.1. The molecule has 4 aromatic rings. The number of carbonyl (C=O) groups is 2. The number of hydrogen-bond donors (Lipinski definition) is 2. The van der Waals surface area contributed by atoms with Crippen molar-refractivity contribution in [3.63, 3.8) is 0 Å². The van der Waals surface area contributed by atoms with Crippen molar-refractivity contribution in [3.8, 4) is 0 Å². The summed E-state index contributed by atoms with van der Waals surface area (Å²) in [4.78, 5) is 27.0. The molecule has 5 rings (SSSR count). The van der Waals surface area contributed by atoms with E-state index in [1.807, 2.05) is 12.1 Å². The van der Waals surface area contributed by atoms with E-state index in [0.29, 0.717) is 34.6 Å². The van der Waals surface area contributed by atoms with Crippen LogP contribution in [0.3, 0.4) is 0 Å². The van der Waals surface area contributed by atoms with E-state index in [1.54, 1.807) is 41.3 Å². The smallest absolute Gasteiger partial charge is 0.322 e. The first-order chi connectivity index (χ1) is 20.4. The van der Waals surface area contributed by atoms with Crippen LogP contribution in [0.25, 0.3) is 0 Å². The number of sulfonamides is 1. The molecule has 2 amide bonds. The second kappa shape index (κ2) is 12.3. The number of nitrogens with one attached hydrogen (secondary N) is 2. The summed E-state index contributed by atoms with van der Waals surface area (Å²) >= 11 is 7.47. The second-order valence-corrected chi connectivity index (χ2v) is 12.8. The van der Waals surface area contributed by atoms with Gasteiger partial charge in [-0.05, 0) is 77.9 Å². The summed E-state index contributed by atoms with van der Waals surface area (Å²) in [5.41, 5.74) is 1.27. The fourth-order valence-electron chi connectivity index (χ4n) is 4.38. The minimum absolute atomic E-state index is 0.0160. The van der Waals surface area contributed by atoms with Crippen molar-refractivity contribution in [2.75, 3.05) is 15.8 Å². The van der Waals surface area contributed by atoms with E-state index in [-0.39, 0.29) is 21.9 Å². The summed E-state index contributed by atoms with van der Waals surface area (Å²) < 4.78 is 66.5. The Bertz CT molecular complexity index is 1750. The molecule has 0 aromatic heterocycles. The molecule has 7 nitrogen and oxygen atoms in total. The van der Waals surface area contributed by atoms with E-state index in [2.05, 4.69) is 10.0 Å². The SMILES string of the molecule is O=C(Nc1ccc(S(=O)(=O)Nc2cccc(C(F)(F)F)c2)cc1)c1ccc([C@@H]2SCC(=O)N2Cc2ccc(Cl)cc2)cc1. The van der Waals surface area contributed by atoms with Crippen molar-refractivity contribution in [2.45, 2.75) is 23.0 Å². The van der Waals surface area contributed by atoms with Crippen LogP contribution in [0.2, 0.25) is 5.02 Å². The summed E-state index contributed by atoms with van der Waals surface area (Å²) in [7, 11) is -4.18. The van der Waals surface area contributed by atoms with Crippen molar-refractivity contribution in [3.05, 3.63) is 124 Å². The second-order valence-electron chi connectivity index (χ2n) is 9.60. The highest BCUT2D eigenvalue weighted by molar-refractivity contribution is 8.00. The van der Waals surface area contributed by atoms with E-state index in [4.69, 9.17) is 11.6 Å². The van der Waals surface area contributed by atoms with Gasteiger partial charge in [0.15, 0.2) is 0 Å². The molecule has 1 heterocycles. The third-order valence-electron chi connectivity index (χ3n) is 6.56. The van der Waals surface area contributed by atoms with E-state index in [0.717, 1.165) is 23.3 Å². The van der Waals surface area contributed by atoms with Gasteiger partial charge in [0.1, 0.15) is 5.37 Å². The Hall–Kier alpha value is -4.00. The fraction of sp³-hybridized carbons (Fsp3) is 0.133. The van der Waals surface area contributed by atoms with Gasteiger partial charge in [0.25, 0.3) is 15.9 Å². The molecular formula is C30H23ClF3N3O4S2. The maximum Gasteiger partial charge on any atom is 0.416 e. The Morgan fingerprint density at radius 1 is 0.930 bits per heavy atom. The van der Waals surface area contributed by atoms with Crippen LogP contribution in [0.15, 0.2) is 102 Å². The monoisotopic (exact) mass is 645 g/mol. The van der Waals surface area contributed by atoms with Gasteiger partial charge in [-0.2, -0.15) is 13.2 Å². The Morgan fingerprint density at radius 2 is 1.60 bits per heavy atom. The molecule has 43 heavy (non-hydrogen) atoms. The van der Waals surface area contributed by atoms with Crippen molar-refractivity contribution in [1.82, 2.24) is 4.90 Å². The summed E-state index contributed by atoms with van der Waals surface area (Å²) in [5, 5.41) is 3.10. The molecule has 13 heteroatoms. The Labute approximate surface area is 255 Å². The number of amides is 2. The molecule has 0 bridgehead atoms. The van der Waals surface area contributed by atoms with Gasteiger partial charge in [-0.3, -0.25) is 14.3 Å². The van der Waals surface area contributed by atoms with Crippen LogP contribution in [0, 0.1) is 0 Å². The quantitative estimate of drug-likeness (QED) is 0.212. The minimum Gasteiger partial charge on any atom is -0.322 e. The number of alkyl halides is 3. The topological polar surface area (TPSA) is 95.6 Å². The number of rotatable bonds is 8. The van der Waals surface area contributed by atoms with Crippen molar-refractivity contribution in [2.24, 2.45) is 0 Å². The molecule has 1 aliphatic rings. The lowest BCUT2D eigenvalue weighted by molar-refractivity contribution is -0.137. The molecule has 1 atom stereocenters. The van der Waals surface area contributed by atoms with Crippen LogP contribution in [0.5, 0.6) is 0 Å². The van der Waals surface area contributed by atoms with Crippen LogP contribution < -0.4 is 10.0 Å². The zero-order chi connectivity index (χ0) is 30.8. The van der Waals surface area contributed by atoms with E-state index in [1.165, 1.54) is 42.1 Å². The maximum absolute atomic E-state index is 13.0. The largest absolute Gasteiger partial charge is 0.416 e. The lowest BCUT2D eigenvalue weighted by Gasteiger charge is -2.24. The van der Waals surface area contributed by atoms with Crippen LogP contribution in [-0.2, 0) is 27.5 Å². The summed E-state index contributed by atoms with van der Waals surface area (Å²) in [6.07, 6.45) is -4.62. The Morgan fingerprint density at radius 3 is 2.26 bits per heavy atom. The summed E-state index contributed by atoms with van der Waals surface area (Å²) in [5.74, 6) is -0.0681. The highest BCUT2D eigenvalue weighted by Gasteiger charge is 2.33. The first-order valence-electron chi connectivity index (χ1n) is 12.8. The fourth-order valence-corrected chi connectivity index (χ4v) is 6.74. The highest BCUT2D eigenvalue weighted by Crippen LogP contribution is 2.39. The van der Waals surface area contributed by atoms with Gasteiger partial charge < -0.3 is 10.2 Å². The average molecular weight is 646 g/mol. The molecule has 0 radical (unpaired) electrons. The van der Waals surface area contributed by atoms with Crippen molar-refractivity contribution >= 4 is 56.6 Å². The van der Waals surface area contributed by atoms with Crippen LogP contribution in [0.1, 0.15) is 32.4 Å². The van der Waals surface area contributed by atoms with Crippen molar-refractivity contribution < 1.29 is 31.2 Å². The van der Waals surface area contributed by atoms with Gasteiger partial charge >= 0.3 is 6.18 Å². The van der Waals surface area contributed by atoms with Gasteiger partial charge in [-0.15, -0.1) is 11.8 Å². The zero-order valence-corrected chi connectivity index (χ0v) is 24.5. The molecule has 222 valence electrons. The van der Waals surface area contributed by atoms with E-state index in [9.17, 15) is 31.2 Å². The summed E-state index contributed by atoms with van der Waals surface area (Å²) in [6, 6.07) is 23.3. The van der Waals surface area contributed by atoms with Gasteiger partial charge in [0.05, 0.1) is 16.2 Å². The number of anilines is 2. The highest BCUT2D eigenvalue weighted by atomic mass is 35.5. The van der Waals surface area contributed by atoms with E-state index >= 15 is 0 Å². The molecule has 1 aliphatic heterocycles.